The first-order valence-corrected chi connectivity index (χ1v) is 11.3. The number of nitrogens with zero attached hydrogens (tertiary/aromatic N) is 5. The molecule has 0 aliphatic carbocycles. The van der Waals surface area contributed by atoms with Crippen LogP contribution in [0.25, 0.3) is 10.9 Å². The third-order valence-electron chi connectivity index (χ3n) is 7.06. The van der Waals surface area contributed by atoms with Gasteiger partial charge in [0, 0.05) is 58.6 Å². The number of ether oxygens (including phenoxy) is 1. The fraction of sp³-hybridized carbons (Fsp3) is 0.565. The minimum Gasteiger partial charge on any atom is -0.487 e. The normalized spacial score (nSPS) is 22.3. The number of carboxylic acids is 1. The van der Waals surface area contributed by atoms with E-state index < -0.39 is 11.4 Å². The highest BCUT2D eigenvalue weighted by Gasteiger charge is 2.32. The number of likely N-dealkylation sites (N-methyl/N-ethyl adjacent to an activating group) is 2. The third-order valence-corrected chi connectivity index (χ3v) is 7.06. The fourth-order valence-electron chi connectivity index (χ4n) is 5.01. The van der Waals surface area contributed by atoms with Crippen LogP contribution in [0.2, 0.25) is 0 Å². The first-order valence-electron chi connectivity index (χ1n) is 11.3. The van der Waals surface area contributed by atoms with Crippen LogP contribution in [-0.4, -0.2) is 98.5 Å². The molecule has 1 N–H and O–H groups in total. The lowest BCUT2D eigenvalue weighted by Crippen LogP contribution is -2.47. The summed E-state index contributed by atoms with van der Waals surface area (Å²) in [5.41, 5.74) is 2.10. The number of carboxylic acid groups (broad SMARTS) is 1. The van der Waals surface area contributed by atoms with Gasteiger partial charge in [0.25, 0.3) is 0 Å². The van der Waals surface area contributed by atoms with E-state index in [1.54, 1.807) is 0 Å². The molecule has 3 aliphatic rings. The SMILES string of the molecule is CC1COc2c(N3CCN(C)CC3)c(N3CCN(C)CC3)cc3c(=O)c(C(=O)O)cn1c23. The molecule has 1 aromatic heterocycles. The van der Waals surface area contributed by atoms with E-state index >= 15 is 0 Å². The maximum atomic E-state index is 13.2. The van der Waals surface area contributed by atoms with Crippen molar-refractivity contribution in [2.24, 2.45) is 0 Å². The highest BCUT2D eigenvalue weighted by molar-refractivity contribution is 6.01. The predicted octanol–water partition coefficient (Wildman–Crippen LogP) is 1.16. The monoisotopic (exact) mass is 441 g/mol. The zero-order valence-electron chi connectivity index (χ0n) is 19.0. The Morgan fingerprint density at radius 3 is 2.19 bits per heavy atom. The van der Waals surface area contributed by atoms with Crippen LogP contribution in [-0.2, 0) is 0 Å². The molecule has 1 aromatic carbocycles. The summed E-state index contributed by atoms with van der Waals surface area (Å²) in [4.78, 5) is 34.4. The minimum atomic E-state index is -1.19. The number of pyridine rings is 1. The van der Waals surface area contributed by atoms with Gasteiger partial charge in [-0.25, -0.2) is 4.79 Å². The number of aromatic carboxylic acids is 1. The van der Waals surface area contributed by atoms with Gasteiger partial charge in [-0.05, 0) is 27.1 Å². The summed E-state index contributed by atoms with van der Waals surface area (Å²) in [5.74, 6) is -0.474. The molecular formula is C23H31N5O4. The predicted molar refractivity (Wildman–Crippen MR) is 125 cm³/mol. The second kappa shape index (κ2) is 7.97. The Bertz CT molecular complexity index is 1110. The average molecular weight is 442 g/mol. The van der Waals surface area contributed by atoms with Gasteiger partial charge >= 0.3 is 5.97 Å². The molecule has 9 heteroatoms. The van der Waals surface area contributed by atoms with Crippen molar-refractivity contribution in [3.63, 3.8) is 0 Å². The molecule has 2 aromatic rings. The van der Waals surface area contributed by atoms with E-state index in [0.717, 1.165) is 63.7 Å². The van der Waals surface area contributed by atoms with Gasteiger partial charge in [-0.1, -0.05) is 0 Å². The smallest absolute Gasteiger partial charge is 0.341 e. The van der Waals surface area contributed by atoms with Gasteiger partial charge in [0.05, 0.1) is 22.6 Å². The molecular weight excluding hydrogens is 410 g/mol. The minimum absolute atomic E-state index is 0.0569. The number of anilines is 2. The zero-order valence-corrected chi connectivity index (χ0v) is 19.0. The van der Waals surface area contributed by atoms with Gasteiger partial charge in [-0.2, -0.15) is 0 Å². The van der Waals surface area contributed by atoms with Crippen LogP contribution < -0.4 is 20.0 Å². The van der Waals surface area contributed by atoms with E-state index in [4.69, 9.17) is 4.74 Å². The van der Waals surface area contributed by atoms with Crippen LogP contribution in [0.15, 0.2) is 17.1 Å². The van der Waals surface area contributed by atoms with Crippen LogP contribution in [0.4, 0.5) is 11.4 Å². The Hall–Kier alpha value is -2.78. The summed E-state index contributed by atoms with van der Waals surface area (Å²) < 4.78 is 8.25. The number of hydrogen-bond acceptors (Lipinski definition) is 7. The maximum Gasteiger partial charge on any atom is 0.341 e. The fourth-order valence-corrected chi connectivity index (χ4v) is 5.01. The van der Waals surface area contributed by atoms with Gasteiger partial charge in [0.1, 0.15) is 17.9 Å². The number of carbonyl (C=O) groups is 1. The number of benzene rings is 1. The number of rotatable bonds is 3. The molecule has 0 bridgehead atoms. The van der Waals surface area contributed by atoms with E-state index in [9.17, 15) is 14.7 Å². The van der Waals surface area contributed by atoms with Crippen molar-refractivity contribution in [2.75, 3.05) is 82.9 Å². The van der Waals surface area contributed by atoms with Crippen LogP contribution in [0.3, 0.4) is 0 Å². The Balaban J connectivity index is 1.78. The summed E-state index contributed by atoms with van der Waals surface area (Å²) in [6.07, 6.45) is 1.49. The molecule has 1 atom stereocenters. The number of aromatic nitrogens is 1. The van der Waals surface area contributed by atoms with E-state index in [1.165, 1.54) is 6.20 Å². The van der Waals surface area contributed by atoms with E-state index in [2.05, 4.69) is 33.7 Å². The molecule has 2 saturated heterocycles. The second-order valence-electron chi connectivity index (χ2n) is 9.29. The first-order chi connectivity index (χ1) is 15.3. The summed E-state index contributed by atoms with van der Waals surface area (Å²) in [7, 11) is 4.25. The Kier molecular flexibility index (Phi) is 5.25. The van der Waals surface area contributed by atoms with Gasteiger partial charge in [-0.15, -0.1) is 0 Å². The van der Waals surface area contributed by atoms with Crippen molar-refractivity contribution >= 4 is 28.2 Å². The van der Waals surface area contributed by atoms with Crippen molar-refractivity contribution in [2.45, 2.75) is 13.0 Å². The molecule has 0 spiro atoms. The van der Waals surface area contributed by atoms with Crippen LogP contribution in [0, 0.1) is 0 Å². The van der Waals surface area contributed by atoms with E-state index in [1.807, 2.05) is 17.6 Å². The Morgan fingerprint density at radius 1 is 1.00 bits per heavy atom. The topological polar surface area (TPSA) is 81.5 Å². The van der Waals surface area contributed by atoms with Crippen molar-refractivity contribution in [1.29, 1.82) is 0 Å². The molecule has 1 unspecified atom stereocenters. The van der Waals surface area contributed by atoms with Crippen molar-refractivity contribution < 1.29 is 14.6 Å². The van der Waals surface area contributed by atoms with Gasteiger partial charge in [-0.3, -0.25) is 4.79 Å². The first kappa shape index (κ1) is 21.1. The van der Waals surface area contributed by atoms with Gasteiger partial charge in [0.2, 0.25) is 5.43 Å². The Morgan fingerprint density at radius 2 is 1.59 bits per heavy atom. The van der Waals surface area contributed by atoms with Crippen LogP contribution >= 0.6 is 0 Å². The number of hydrogen-bond donors (Lipinski definition) is 1. The molecule has 172 valence electrons. The van der Waals surface area contributed by atoms with Gasteiger partial charge in [0.15, 0.2) is 5.75 Å². The van der Waals surface area contributed by atoms with E-state index in [-0.39, 0.29) is 11.6 Å². The van der Waals surface area contributed by atoms with Gasteiger partial charge < -0.3 is 34.0 Å². The van der Waals surface area contributed by atoms with Crippen molar-refractivity contribution in [1.82, 2.24) is 14.4 Å². The quantitative estimate of drug-likeness (QED) is 0.760. The number of piperazine rings is 2. The average Bonchev–Trinajstić information content (AvgIpc) is 2.78. The lowest BCUT2D eigenvalue weighted by atomic mass is 10.0. The molecule has 4 heterocycles. The third kappa shape index (κ3) is 3.40. The maximum absolute atomic E-state index is 13.2. The van der Waals surface area contributed by atoms with Crippen molar-refractivity contribution in [3.8, 4) is 5.75 Å². The zero-order chi connectivity index (χ0) is 22.6. The lowest BCUT2D eigenvalue weighted by Gasteiger charge is -2.41. The molecule has 0 radical (unpaired) electrons. The standard InChI is InChI=1S/C23H31N5O4/c1-15-14-32-22-19-16(21(29)17(23(30)31)13-28(15)19)12-18(26-8-4-24(2)5-9-26)20(22)27-10-6-25(3)7-11-27/h12-13,15H,4-11,14H2,1-3H3,(H,30,31). The second-order valence-corrected chi connectivity index (χ2v) is 9.29. The molecule has 2 fully saturated rings. The molecule has 0 amide bonds. The van der Waals surface area contributed by atoms with Crippen LogP contribution in [0.1, 0.15) is 23.3 Å². The van der Waals surface area contributed by atoms with Crippen molar-refractivity contribution in [3.05, 3.63) is 28.0 Å². The summed E-state index contributed by atoms with van der Waals surface area (Å²) >= 11 is 0. The highest BCUT2D eigenvalue weighted by Crippen LogP contribution is 2.46. The largest absolute Gasteiger partial charge is 0.487 e. The molecule has 0 saturated carbocycles. The lowest BCUT2D eigenvalue weighted by molar-refractivity contribution is 0.0694. The summed E-state index contributed by atoms with van der Waals surface area (Å²) in [6.45, 7) is 9.69. The van der Waals surface area contributed by atoms with E-state index in [0.29, 0.717) is 23.3 Å². The van der Waals surface area contributed by atoms with Crippen LogP contribution in [0.5, 0.6) is 5.75 Å². The summed E-state index contributed by atoms with van der Waals surface area (Å²) in [6, 6.07) is 1.86. The molecule has 3 aliphatic heterocycles. The highest BCUT2D eigenvalue weighted by atomic mass is 16.5. The molecule has 9 nitrogen and oxygen atoms in total. The Labute approximate surface area is 187 Å². The molecule has 32 heavy (non-hydrogen) atoms. The molecule has 5 rings (SSSR count). The summed E-state index contributed by atoms with van der Waals surface area (Å²) in [5, 5.41) is 10.1.